The van der Waals surface area contributed by atoms with Crippen molar-refractivity contribution in [3.63, 3.8) is 0 Å². The van der Waals surface area contributed by atoms with Gasteiger partial charge in [-0.3, -0.25) is 4.79 Å². The van der Waals surface area contributed by atoms with Gasteiger partial charge in [0.2, 0.25) is 5.91 Å². The summed E-state index contributed by atoms with van der Waals surface area (Å²) in [7, 11) is 1.51. The summed E-state index contributed by atoms with van der Waals surface area (Å²) in [5, 5.41) is 20.7. The fourth-order valence-electron chi connectivity index (χ4n) is 4.61. The van der Waals surface area contributed by atoms with Crippen molar-refractivity contribution < 1.29 is 19.7 Å². The summed E-state index contributed by atoms with van der Waals surface area (Å²) in [5.41, 5.74) is 8.01. The van der Waals surface area contributed by atoms with Gasteiger partial charge in [0, 0.05) is 18.0 Å². The molecule has 1 amide bonds. The number of fused-ring (bicyclic) bond motifs is 1. The number of rotatable bonds is 6. The number of hydrazine groups is 1. The Balaban J connectivity index is 1.82. The highest BCUT2D eigenvalue weighted by atomic mass is 79.9. The number of phenolic OH excluding ortho intramolecular Hbond substituents is 2. The van der Waals surface area contributed by atoms with E-state index in [9.17, 15) is 15.0 Å². The summed E-state index contributed by atoms with van der Waals surface area (Å²) in [4.78, 5) is 15.2. The summed E-state index contributed by atoms with van der Waals surface area (Å²) in [6.07, 6.45) is 1.87. The van der Waals surface area contributed by atoms with Crippen molar-refractivity contribution in [1.29, 1.82) is 0 Å². The molecule has 2 fully saturated rings. The molecule has 0 radical (unpaired) electrons. The lowest BCUT2D eigenvalue weighted by atomic mass is 9.83. The van der Waals surface area contributed by atoms with Crippen molar-refractivity contribution in [2.75, 3.05) is 13.7 Å². The molecule has 30 heavy (non-hydrogen) atoms. The number of nitrogens with zero attached hydrogens (tertiary/aromatic N) is 1. The van der Waals surface area contributed by atoms with Crippen molar-refractivity contribution in [2.45, 2.75) is 37.9 Å². The number of halogens is 1. The van der Waals surface area contributed by atoms with Gasteiger partial charge < -0.3 is 19.8 Å². The van der Waals surface area contributed by atoms with E-state index in [0.29, 0.717) is 16.8 Å². The summed E-state index contributed by atoms with van der Waals surface area (Å²) < 4.78 is 5.87. The fourth-order valence-corrected chi connectivity index (χ4v) is 5.07. The molecule has 2 aliphatic heterocycles. The van der Waals surface area contributed by atoms with Crippen LogP contribution >= 0.6 is 15.9 Å². The molecule has 4 rings (SSSR count). The van der Waals surface area contributed by atoms with Crippen molar-refractivity contribution in [3.8, 4) is 17.2 Å². The maximum absolute atomic E-state index is 13.3. The number of amides is 1. The maximum atomic E-state index is 13.3. The Hall–Kier alpha value is -2.29. The molecule has 4 N–H and O–H groups in total. The van der Waals surface area contributed by atoms with Gasteiger partial charge in [-0.05, 0) is 46.1 Å². The second kappa shape index (κ2) is 8.45. The highest BCUT2D eigenvalue weighted by Crippen LogP contribution is 2.50. The van der Waals surface area contributed by atoms with Crippen LogP contribution in [0.15, 0.2) is 40.9 Å². The number of ether oxygens (including phenoxy) is 1. The normalized spacial score (nSPS) is 25.6. The molecular formula is C22H26BrN3O4. The summed E-state index contributed by atoms with van der Waals surface area (Å²) in [5.74, 6) is 0.460. The number of nitrogens with one attached hydrogen (secondary N) is 2. The molecule has 0 spiro atoms. The Kier molecular flexibility index (Phi) is 5.90. The van der Waals surface area contributed by atoms with Crippen LogP contribution in [0.3, 0.4) is 0 Å². The van der Waals surface area contributed by atoms with Gasteiger partial charge >= 0.3 is 0 Å². The first-order valence-corrected chi connectivity index (χ1v) is 10.9. The Morgan fingerprint density at radius 3 is 2.60 bits per heavy atom. The number of hydrogen-bond donors (Lipinski definition) is 4. The van der Waals surface area contributed by atoms with Crippen LogP contribution in [0, 0.1) is 5.92 Å². The molecule has 2 aromatic rings. The highest BCUT2D eigenvalue weighted by molar-refractivity contribution is 9.10. The molecule has 0 aromatic heterocycles. The third-order valence-electron chi connectivity index (χ3n) is 6.05. The molecule has 8 heteroatoms. The monoisotopic (exact) mass is 475 g/mol. The molecule has 7 nitrogen and oxygen atoms in total. The molecule has 2 aliphatic rings. The van der Waals surface area contributed by atoms with Crippen LogP contribution in [0.4, 0.5) is 0 Å². The second-order valence-electron chi connectivity index (χ2n) is 7.76. The first kappa shape index (κ1) is 21.0. The van der Waals surface area contributed by atoms with Gasteiger partial charge in [0.25, 0.3) is 0 Å². The minimum Gasteiger partial charge on any atom is -0.508 e. The number of aromatic hydroxyl groups is 2. The number of phenols is 2. The summed E-state index contributed by atoms with van der Waals surface area (Å²) >= 11 is 3.41. The standard InChI is InChI=1S/C22H26BrN3O4/c1-3-4-9-26-20(12-10-14(23)21(28)16(11-12)30-2)17-18(24-25-19(17)22(26)29)13-7-5-6-8-15(13)27/h5-8,10-11,17-20,24-25,27-28H,3-4,9H2,1-2H3. The van der Waals surface area contributed by atoms with Crippen LogP contribution in [-0.2, 0) is 4.79 Å². The van der Waals surface area contributed by atoms with Gasteiger partial charge in [0.05, 0.1) is 23.7 Å². The van der Waals surface area contributed by atoms with E-state index in [0.717, 1.165) is 24.0 Å². The Bertz CT molecular complexity index is 954. The first-order chi connectivity index (χ1) is 14.5. The lowest BCUT2D eigenvalue weighted by Gasteiger charge is -2.32. The summed E-state index contributed by atoms with van der Waals surface area (Å²) in [6.45, 7) is 2.74. The third kappa shape index (κ3) is 3.42. The number of carbonyl (C=O) groups is 1. The van der Waals surface area contributed by atoms with E-state index in [1.165, 1.54) is 7.11 Å². The average Bonchev–Trinajstić information content (AvgIpc) is 3.28. The molecule has 2 saturated heterocycles. The highest BCUT2D eigenvalue weighted by Gasteiger charge is 2.55. The van der Waals surface area contributed by atoms with E-state index in [-0.39, 0.29) is 35.4 Å². The smallest absolute Gasteiger partial charge is 0.242 e. The van der Waals surface area contributed by atoms with Crippen LogP contribution < -0.4 is 15.6 Å². The molecule has 4 atom stereocenters. The zero-order valence-electron chi connectivity index (χ0n) is 16.9. The lowest BCUT2D eigenvalue weighted by Crippen LogP contribution is -2.41. The van der Waals surface area contributed by atoms with Crippen molar-refractivity contribution in [2.24, 2.45) is 5.92 Å². The Morgan fingerprint density at radius 1 is 1.17 bits per heavy atom. The zero-order valence-corrected chi connectivity index (χ0v) is 18.5. The minimum absolute atomic E-state index is 0.0298. The van der Waals surface area contributed by atoms with E-state index in [1.54, 1.807) is 18.2 Å². The van der Waals surface area contributed by atoms with E-state index in [4.69, 9.17) is 4.74 Å². The second-order valence-corrected chi connectivity index (χ2v) is 8.62. The number of carbonyl (C=O) groups excluding carboxylic acids is 1. The quantitative estimate of drug-likeness (QED) is 0.511. The molecule has 0 aliphatic carbocycles. The molecule has 2 heterocycles. The van der Waals surface area contributed by atoms with Gasteiger partial charge in [-0.25, -0.2) is 10.9 Å². The average molecular weight is 476 g/mol. The number of likely N-dealkylation sites (tertiary alicyclic amines) is 1. The Morgan fingerprint density at radius 2 is 1.90 bits per heavy atom. The number of hydrogen-bond acceptors (Lipinski definition) is 6. The fraction of sp³-hybridized carbons (Fsp3) is 0.409. The third-order valence-corrected chi connectivity index (χ3v) is 6.65. The molecule has 2 aromatic carbocycles. The van der Waals surface area contributed by atoms with Gasteiger partial charge in [-0.2, -0.15) is 0 Å². The van der Waals surface area contributed by atoms with Crippen LogP contribution in [0.5, 0.6) is 17.2 Å². The van der Waals surface area contributed by atoms with Crippen LogP contribution in [-0.4, -0.2) is 40.7 Å². The summed E-state index contributed by atoms with van der Waals surface area (Å²) in [6, 6.07) is 9.93. The van der Waals surface area contributed by atoms with Gasteiger partial charge in [0.15, 0.2) is 11.5 Å². The van der Waals surface area contributed by atoms with E-state index in [2.05, 4.69) is 33.7 Å². The number of benzene rings is 2. The number of para-hydroxylation sites is 1. The molecular weight excluding hydrogens is 450 g/mol. The molecule has 0 saturated carbocycles. The predicted octanol–water partition coefficient (Wildman–Crippen LogP) is 3.39. The van der Waals surface area contributed by atoms with Crippen molar-refractivity contribution in [1.82, 2.24) is 15.8 Å². The van der Waals surface area contributed by atoms with E-state index >= 15 is 0 Å². The number of unbranched alkanes of at least 4 members (excludes halogenated alkanes) is 1. The largest absolute Gasteiger partial charge is 0.508 e. The topological polar surface area (TPSA) is 94.1 Å². The first-order valence-electron chi connectivity index (χ1n) is 10.1. The SMILES string of the molecule is CCCCN1C(=O)C2NNC(c3ccccc3O)C2C1c1cc(Br)c(O)c(OC)c1. The van der Waals surface area contributed by atoms with Gasteiger partial charge in [-0.15, -0.1) is 0 Å². The van der Waals surface area contributed by atoms with Crippen LogP contribution in [0.25, 0.3) is 0 Å². The van der Waals surface area contributed by atoms with Crippen molar-refractivity contribution >= 4 is 21.8 Å². The van der Waals surface area contributed by atoms with E-state index < -0.39 is 6.04 Å². The van der Waals surface area contributed by atoms with Gasteiger partial charge in [0.1, 0.15) is 11.8 Å². The number of methoxy groups -OCH3 is 1. The molecule has 160 valence electrons. The maximum Gasteiger partial charge on any atom is 0.242 e. The van der Waals surface area contributed by atoms with Gasteiger partial charge in [-0.1, -0.05) is 31.5 Å². The molecule has 0 bridgehead atoms. The van der Waals surface area contributed by atoms with Crippen LogP contribution in [0.1, 0.15) is 43.0 Å². The molecule has 4 unspecified atom stereocenters. The van der Waals surface area contributed by atoms with Crippen molar-refractivity contribution in [3.05, 3.63) is 52.0 Å². The van der Waals surface area contributed by atoms with E-state index in [1.807, 2.05) is 23.1 Å². The lowest BCUT2D eigenvalue weighted by molar-refractivity contribution is -0.130. The zero-order chi connectivity index (χ0) is 21.4. The van der Waals surface area contributed by atoms with Crippen LogP contribution in [0.2, 0.25) is 0 Å². The predicted molar refractivity (Wildman–Crippen MR) is 116 cm³/mol. The minimum atomic E-state index is -0.407. The Labute approximate surface area is 184 Å².